The normalized spacial score (nSPS) is 19.3. The van der Waals surface area contributed by atoms with Crippen LogP contribution in [0.1, 0.15) is 22.0 Å². The van der Waals surface area contributed by atoms with Crippen LogP contribution in [0.5, 0.6) is 5.75 Å². The largest absolute Gasteiger partial charge is 0.482 e. The van der Waals surface area contributed by atoms with Gasteiger partial charge < -0.3 is 20.3 Å². The van der Waals surface area contributed by atoms with E-state index in [1.807, 2.05) is 29.2 Å². The number of fused-ring (bicyclic) bond motifs is 1. The molecule has 134 valence electrons. The summed E-state index contributed by atoms with van der Waals surface area (Å²) in [4.78, 5) is 26.4. The highest BCUT2D eigenvalue weighted by atomic mass is 35.5. The zero-order chi connectivity index (χ0) is 18.1. The van der Waals surface area contributed by atoms with E-state index in [4.69, 9.17) is 16.3 Å². The molecule has 2 amide bonds. The Morgan fingerprint density at radius 1 is 1.23 bits per heavy atom. The van der Waals surface area contributed by atoms with Crippen molar-refractivity contribution in [3.05, 3.63) is 58.6 Å². The number of benzene rings is 2. The van der Waals surface area contributed by atoms with Gasteiger partial charge >= 0.3 is 0 Å². The van der Waals surface area contributed by atoms with E-state index in [9.17, 15) is 9.59 Å². The molecular weight excluding hydrogens is 354 g/mol. The maximum Gasteiger partial charge on any atom is 0.262 e. The quantitative estimate of drug-likeness (QED) is 0.850. The van der Waals surface area contributed by atoms with Crippen LogP contribution in [0.25, 0.3) is 0 Å². The third kappa shape index (κ3) is 3.13. The standard InChI is InChI=1S/C19H18ClN3O3/c20-14-4-2-1-3-13(14)16-10-21-7-8-23(16)19(25)12-5-6-15-17(9-12)26-11-18(24)22-15/h1-6,9,16,21H,7-8,10-11H2,(H,22,24). The molecule has 6 nitrogen and oxygen atoms in total. The zero-order valence-electron chi connectivity index (χ0n) is 14.0. The van der Waals surface area contributed by atoms with E-state index in [-0.39, 0.29) is 24.5 Å². The predicted molar refractivity (Wildman–Crippen MR) is 98.7 cm³/mol. The molecule has 26 heavy (non-hydrogen) atoms. The average Bonchev–Trinajstić information content (AvgIpc) is 2.67. The van der Waals surface area contributed by atoms with Crippen molar-refractivity contribution in [2.45, 2.75) is 6.04 Å². The molecule has 2 aromatic carbocycles. The molecule has 2 aromatic rings. The Kier molecular flexibility index (Phi) is 4.53. The van der Waals surface area contributed by atoms with Gasteiger partial charge in [-0.2, -0.15) is 0 Å². The Balaban J connectivity index is 1.64. The summed E-state index contributed by atoms with van der Waals surface area (Å²) in [5.74, 6) is 0.233. The second-order valence-corrected chi connectivity index (χ2v) is 6.69. The number of nitrogens with one attached hydrogen (secondary N) is 2. The number of anilines is 1. The van der Waals surface area contributed by atoms with Crippen molar-refractivity contribution in [1.29, 1.82) is 0 Å². The van der Waals surface area contributed by atoms with Crippen LogP contribution in [0.15, 0.2) is 42.5 Å². The summed E-state index contributed by atoms with van der Waals surface area (Å²) in [5.41, 5.74) is 2.04. The summed E-state index contributed by atoms with van der Waals surface area (Å²) >= 11 is 6.36. The summed E-state index contributed by atoms with van der Waals surface area (Å²) < 4.78 is 5.43. The van der Waals surface area contributed by atoms with Gasteiger partial charge in [-0.05, 0) is 29.8 Å². The molecule has 0 aromatic heterocycles. The fourth-order valence-corrected chi connectivity index (χ4v) is 3.61. The number of nitrogens with zero attached hydrogens (tertiary/aromatic N) is 1. The molecule has 1 saturated heterocycles. The van der Waals surface area contributed by atoms with Crippen LogP contribution in [0, 0.1) is 0 Å². The Morgan fingerprint density at radius 2 is 2.08 bits per heavy atom. The molecule has 2 aliphatic heterocycles. The van der Waals surface area contributed by atoms with Gasteiger partial charge in [-0.3, -0.25) is 9.59 Å². The molecule has 2 N–H and O–H groups in total. The fraction of sp³-hybridized carbons (Fsp3) is 0.263. The van der Waals surface area contributed by atoms with Crippen molar-refractivity contribution < 1.29 is 14.3 Å². The highest BCUT2D eigenvalue weighted by Gasteiger charge is 2.30. The van der Waals surface area contributed by atoms with E-state index >= 15 is 0 Å². The van der Waals surface area contributed by atoms with E-state index in [0.717, 1.165) is 12.1 Å². The molecule has 2 aliphatic rings. The first-order chi connectivity index (χ1) is 12.6. The first kappa shape index (κ1) is 16.9. The maximum absolute atomic E-state index is 13.2. The number of piperazine rings is 1. The number of hydrogen-bond acceptors (Lipinski definition) is 4. The highest BCUT2D eigenvalue weighted by Crippen LogP contribution is 2.32. The first-order valence-corrected chi connectivity index (χ1v) is 8.84. The molecule has 0 spiro atoms. The van der Waals surface area contributed by atoms with Crippen LogP contribution in [-0.2, 0) is 4.79 Å². The zero-order valence-corrected chi connectivity index (χ0v) is 14.8. The van der Waals surface area contributed by atoms with Gasteiger partial charge in [0.15, 0.2) is 6.61 Å². The molecule has 0 aliphatic carbocycles. The third-order valence-corrected chi connectivity index (χ3v) is 4.97. The van der Waals surface area contributed by atoms with Gasteiger partial charge in [0.25, 0.3) is 11.8 Å². The Hall–Kier alpha value is -2.57. The minimum Gasteiger partial charge on any atom is -0.482 e. The number of carbonyl (C=O) groups is 2. The van der Waals surface area contributed by atoms with Crippen LogP contribution in [0.4, 0.5) is 5.69 Å². The van der Waals surface area contributed by atoms with Crippen molar-refractivity contribution in [2.75, 3.05) is 31.6 Å². The summed E-state index contributed by atoms with van der Waals surface area (Å²) in [5, 5.41) is 6.71. The number of halogens is 1. The number of amides is 2. The minimum absolute atomic E-state index is 0.0411. The molecule has 7 heteroatoms. The Morgan fingerprint density at radius 3 is 2.92 bits per heavy atom. The molecule has 1 atom stereocenters. The second kappa shape index (κ2) is 6.97. The van der Waals surface area contributed by atoms with Gasteiger partial charge in [0.05, 0.1) is 11.7 Å². The van der Waals surface area contributed by atoms with E-state index in [1.165, 1.54) is 0 Å². The van der Waals surface area contributed by atoms with E-state index in [2.05, 4.69) is 10.6 Å². The number of ether oxygens (including phenoxy) is 1. The lowest BCUT2D eigenvalue weighted by atomic mass is 10.0. The number of hydrogen-bond donors (Lipinski definition) is 2. The summed E-state index contributed by atoms with van der Waals surface area (Å²) in [7, 11) is 0. The van der Waals surface area contributed by atoms with E-state index < -0.39 is 0 Å². The van der Waals surface area contributed by atoms with Crippen LogP contribution in [0.3, 0.4) is 0 Å². The van der Waals surface area contributed by atoms with E-state index in [1.54, 1.807) is 18.2 Å². The molecule has 1 unspecified atom stereocenters. The first-order valence-electron chi connectivity index (χ1n) is 8.46. The summed E-state index contributed by atoms with van der Waals surface area (Å²) in [6.45, 7) is 1.92. The molecular formula is C19H18ClN3O3. The van der Waals surface area contributed by atoms with Gasteiger partial charge in [-0.25, -0.2) is 0 Å². The number of carbonyl (C=O) groups excluding carboxylic acids is 2. The van der Waals surface area contributed by atoms with Gasteiger partial charge in [0.1, 0.15) is 5.75 Å². The lowest BCUT2D eigenvalue weighted by Gasteiger charge is -2.37. The van der Waals surface area contributed by atoms with Crippen molar-refractivity contribution in [3.8, 4) is 5.75 Å². The third-order valence-electron chi connectivity index (χ3n) is 4.63. The fourth-order valence-electron chi connectivity index (χ4n) is 3.34. The summed E-state index contributed by atoms with van der Waals surface area (Å²) in [6, 6.07) is 12.5. The number of rotatable bonds is 2. The SMILES string of the molecule is O=C1COc2cc(C(=O)N3CCNCC3c3ccccc3Cl)ccc2N1. The molecule has 1 fully saturated rings. The van der Waals surface area contributed by atoms with Crippen LogP contribution in [-0.4, -0.2) is 43.0 Å². The van der Waals surface area contributed by atoms with Crippen molar-refractivity contribution in [2.24, 2.45) is 0 Å². The molecule has 0 bridgehead atoms. The lowest BCUT2D eigenvalue weighted by Crippen LogP contribution is -2.48. The van der Waals surface area contributed by atoms with Crippen LogP contribution < -0.4 is 15.4 Å². The summed E-state index contributed by atoms with van der Waals surface area (Å²) in [6.07, 6.45) is 0. The van der Waals surface area contributed by atoms with Gasteiger partial charge in [0, 0.05) is 30.2 Å². The molecule has 4 rings (SSSR count). The van der Waals surface area contributed by atoms with Crippen LogP contribution in [0.2, 0.25) is 5.02 Å². The minimum atomic E-state index is -0.197. The highest BCUT2D eigenvalue weighted by molar-refractivity contribution is 6.31. The van der Waals surface area contributed by atoms with Gasteiger partial charge in [-0.1, -0.05) is 29.8 Å². The van der Waals surface area contributed by atoms with Gasteiger partial charge in [0.2, 0.25) is 0 Å². The Bertz CT molecular complexity index is 871. The monoisotopic (exact) mass is 371 g/mol. The lowest BCUT2D eigenvalue weighted by molar-refractivity contribution is -0.118. The second-order valence-electron chi connectivity index (χ2n) is 6.29. The molecule has 0 radical (unpaired) electrons. The maximum atomic E-state index is 13.2. The van der Waals surface area contributed by atoms with Crippen molar-refractivity contribution in [1.82, 2.24) is 10.2 Å². The van der Waals surface area contributed by atoms with Gasteiger partial charge in [-0.15, -0.1) is 0 Å². The average molecular weight is 372 g/mol. The topological polar surface area (TPSA) is 70.7 Å². The predicted octanol–water partition coefficient (Wildman–Crippen LogP) is 2.46. The smallest absolute Gasteiger partial charge is 0.262 e. The Labute approximate surface area is 156 Å². The molecule has 0 saturated carbocycles. The molecule has 2 heterocycles. The van der Waals surface area contributed by atoms with Crippen molar-refractivity contribution in [3.63, 3.8) is 0 Å². The van der Waals surface area contributed by atoms with Crippen molar-refractivity contribution >= 4 is 29.1 Å². The van der Waals surface area contributed by atoms with Crippen LogP contribution >= 0.6 is 11.6 Å². The van der Waals surface area contributed by atoms with E-state index in [0.29, 0.717) is 35.1 Å².